The summed E-state index contributed by atoms with van der Waals surface area (Å²) in [5.74, 6) is 1.91. The maximum atomic E-state index is 12.6. The van der Waals surface area contributed by atoms with E-state index in [2.05, 4.69) is 15.1 Å². The molecule has 1 aromatic rings. The van der Waals surface area contributed by atoms with Gasteiger partial charge < -0.3 is 9.30 Å². The quantitative estimate of drug-likeness (QED) is 0.828. The van der Waals surface area contributed by atoms with Crippen LogP contribution in [0.4, 0.5) is 4.79 Å². The lowest BCUT2D eigenvalue weighted by Gasteiger charge is -2.49. The number of carbonyl (C=O) groups excluding carboxylic acids is 1. The highest BCUT2D eigenvalue weighted by Crippen LogP contribution is 2.30. The topological polar surface area (TPSA) is 63.5 Å². The first-order chi connectivity index (χ1) is 11.2. The van der Waals surface area contributed by atoms with Crippen molar-refractivity contribution in [2.24, 2.45) is 7.05 Å². The molecular formula is C17H29N5O2. The monoisotopic (exact) mass is 335 g/mol. The van der Waals surface area contributed by atoms with Crippen LogP contribution in [0, 0.1) is 6.92 Å². The maximum absolute atomic E-state index is 12.6. The summed E-state index contributed by atoms with van der Waals surface area (Å²) in [7, 11) is 2.00. The van der Waals surface area contributed by atoms with Crippen LogP contribution < -0.4 is 0 Å². The normalized spacial score (nSPS) is 25.0. The molecule has 134 valence electrons. The number of ether oxygens (including phenoxy) is 1. The number of aryl methyl sites for hydroxylation is 1. The highest BCUT2D eigenvalue weighted by molar-refractivity contribution is 5.69. The SMILES string of the molecule is Cc1nnc(CN2C[C@H]3CCC[C@@H](C2)N3C(=O)OC(C)(C)C)n1C. The van der Waals surface area contributed by atoms with Gasteiger partial charge in [0.15, 0.2) is 0 Å². The molecule has 0 radical (unpaired) electrons. The van der Waals surface area contributed by atoms with Crippen LogP contribution >= 0.6 is 0 Å². The summed E-state index contributed by atoms with van der Waals surface area (Å²) in [4.78, 5) is 17.0. The van der Waals surface area contributed by atoms with E-state index in [1.54, 1.807) is 0 Å². The number of fused-ring (bicyclic) bond motifs is 2. The average molecular weight is 335 g/mol. The van der Waals surface area contributed by atoms with Crippen LogP contribution in [0.25, 0.3) is 0 Å². The molecule has 1 amide bonds. The van der Waals surface area contributed by atoms with Crippen molar-refractivity contribution in [3.63, 3.8) is 0 Å². The van der Waals surface area contributed by atoms with Gasteiger partial charge in [0, 0.05) is 32.2 Å². The number of rotatable bonds is 2. The van der Waals surface area contributed by atoms with E-state index >= 15 is 0 Å². The Morgan fingerprint density at radius 1 is 1.21 bits per heavy atom. The summed E-state index contributed by atoms with van der Waals surface area (Å²) < 4.78 is 7.67. The maximum Gasteiger partial charge on any atom is 0.410 e. The molecule has 7 heteroatoms. The Morgan fingerprint density at radius 2 is 1.83 bits per heavy atom. The van der Waals surface area contributed by atoms with E-state index in [1.165, 1.54) is 6.42 Å². The Bertz CT molecular complexity index is 593. The van der Waals surface area contributed by atoms with Gasteiger partial charge in [0.25, 0.3) is 0 Å². The van der Waals surface area contributed by atoms with Gasteiger partial charge in [-0.15, -0.1) is 10.2 Å². The number of piperidine rings is 1. The smallest absolute Gasteiger partial charge is 0.410 e. The molecule has 0 aromatic carbocycles. The van der Waals surface area contributed by atoms with Gasteiger partial charge in [-0.2, -0.15) is 0 Å². The second-order valence-electron chi connectivity index (χ2n) is 8.04. The van der Waals surface area contributed by atoms with E-state index in [0.717, 1.165) is 44.1 Å². The van der Waals surface area contributed by atoms with Gasteiger partial charge in [-0.25, -0.2) is 4.79 Å². The third kappa shape index (κ3) is 3.55. The molecule has 2 aliphatic heterocycles. The fourth-order valence-corrected chi connectivity index (χ4v) is 3.73. The molecule has 24 heavy (non-hydrogen) atoms. The molecule has 2 bridgehead atoms. The van der Waals surface area contributed by atoms with Gasteiger partial charge in [-0.05, 0) is 47.0 Å². The third-order valence-electron chi connectivity index (χ3n) is 4.95. The van der Waals surface area contributed by atoms with Crippen LogP contribution in [0.15, 0.2) is 0 Å². The van der Waals surface area contributed by atoms with E-state index < -0.39 is 5.60 Å². The van der Waals surface area contributed by atoms with Crippen molar-refractivity contribution in [3.05, 3.63) is 11.6 Å². The minimum Gasteiger partial charge on any atom is -0.444 e. The predicted molar refractivity (Wildman–Crippen MR) is 90.5 cm³/mol. The van der Waals surface area contributed by atoms with Crippen LogP contribution in [-0.2, 0) is 18.3 Å². The number of amides is 1. The summed E-state index contributed by atoms with van der Waals surface area (Å²) >= 11 is 0. The minimum absolute atomic E-state index is 0.161. The molecule has 2 atom stereocenters. The van der Waals surface area contributed by atoms with Crippen LogP contribution in [0.3, 0.4) is 0 Å². The van der Waals surface area contributed by atoms with Gasteiger partial charge in [0.2, 0.25) is 0 Å². The zero-order valence-electron chi connectivity index (χ0n) is 15.4. The average Bonchev–Trinajstić information content (AvgIpc) is 2.76. The molecular weight excluding hydrogens is 306 g/mol. The number of aromatic nitrogens is 3. The first-order valence-corrected chi connectivity index (χ1v) is 8.83. The van der Waals surface area contributed by atoms with E-state index in [1.807, 2.05) is 44.2 Å². The Balaban J connectivity index is 1.69. The van der Waals surface area contributed by atoms with Crippen molar-refractivity contribution in [3.8, 4) is 0 Å². The van der Waals surface area contributed by atoms with E-state index in [-0.39, 0.29) is 18.2 Å². The summed E-state index contributed by atoms with van der Waals surface area (Å²) in [6.07, 6.45) is 3.12. The molecule has 0 unspecified atom stereocenters. The highest BCUT2D eigenvalue weighted by Gasteiger charge is 2.42. The molecule has 0 saturated carbocycles. The van der Waals surface area contributed by atoms with Crippen LogP contribution in [0.1, 0.15) is 51.7 Å². The molecule has 0 aliphatic carbocycles. The number of nitrogens with zero attached hydrogens (tertiary/aromatic N) is 5. The van der Waals surface area contributed by atoms with Crippen molar-refractivity contribution in [2.75, 3.05) is 13.1 Å². The zero-order valence-corrected chi connectivity index (χ0v) is 15.4. The summed E-state index contributed by atoms with van der Waals surface area (Å²) in [6, 6.07) is 0.475. The molecule has 2 fully saturated rings. The first-order valence-electron chi connectivity index (χ1n) is 8.83. The molecule has 2 aliphatic rings. The lowest BCUT2D eigenvalue weighted by atomic mass is 9.91. The second kappa shape index (κ2) is 6.35. The molecule has 7 nitrogen and oxygen atoms in total. The number of hydrogen-bond donors (Lipinski definition) is 0. The molecule has 0 spiro atoms. The molecule has 0 N–H and O–H groups in total. The van der Waals surface area contributed by atoms with Crippen LogP contribution in [-0.4, -0.2) is 61.4 Å². The molecule has 3 heterocycles. The van der Waals surface area contributed by atoms with E-state index in [0.29, 0.717) is 0 Å². The summed E-state index contributed by atoms with van der Waals surface area (Å²) in [6.45, 7) is 10.3. The largest absolute Gasteiger partial charge is 0.444 e. The fourth-order valence-electron chi connectivity index (χ4n) is 3.73. The molecule has 1 aromatic heterocycles. The Kier molecular flexibility index (Phi) is 4.55. The van der Waals surface area contributed by atoms with Crippen molar-refractivity contribution in [1.82, 2.24) is 24.6 Å². The Labute approximate surface area is 144 Å². The number of carbonyl (C=O) groups is 1. The number of likely N-dealkylation sites (tertiary alicyclic amines) is 1. The van der Waals surface area contributed by atoms with Gasteiger partial charge in [-0.3, -0.25) is 9.80 Å². The van der Waals surface area contributed by atoms with Gasteiger partial charge in [0.1, 0.15) is 17.2 Å². The molecule has 2 saturated heterocycles. The van der Waals surface area contributed by atoms with Crippen molar-refractivity contribution in [1.29, 1.82) is 0 Å². The van der Waals surface area contributed by atoms with Crippen LogP contribution in [0.2, 0.25) is 0 Å². The van der Waals surface area contributed by atoms with E-state index in [9.17, 15) is 4.79 Å². The lowest BCUT2D eigenvalue weighted by Crippen LogP contribution is -2.62. The summed E-state index contributed by atoms with van der Waals surface area (Å²) in [5, 5.41) is 8.41. The predicted octanol–water partition coefficient (Wildman–Crippen LogP) is 2.10. The third-order valence-corrected chi connectivity index (χ3v) is 4.95. The Hall–Kier alpha value is -1.63. The minimum atomic E-state index is -0.446. The highest BCUT2D eigenvalue weighted by atomic mass is 16.6. The van der Waals surface area contributed by atoms with Crippen molar-refractivity contribution in [2.45, 2.75) is 71.2 Å². The van der Waals surface area contributed by atoms with Crippen LogP contribution in [0.5, 0.6) is 0 Å². The van der Waals surface area contributed by atoms with Crippen molar-refractivity contribution < 1.29 is 9.53 Å². The lowest BCUT2D eigenvalue weighted by molar-refractivity contribution is -0.0395. The zero-order chi connectivity index (χ0) is 17.5. The summed E-state index contributed by atoms with van der Waals surface area (Å²) in [5.41, 5.74) is -0.446. The number of hydrogen-bond acceptors (Lipinski definition) is 5. The standard InChI is InChI=1S/C17H29N5O2/c1-12-18-19-15(20(12)5)11-21-9-13-7-6-8-14(10-21)22(13)16(23)24-17(2,3)4/h13-14H,6-11H2,1-5H3/t13-,14+. The van der Waals surface area contributed by atoms with Gasteiger partial charge >= 0.3 is 6.09 Å². The second-order valence-corrected chi connectivity index (χ2v) is 8.04. The number of piperazine rings is 1. The molecule has 3 rings (SSSR count). The van der Waals surface area contributed by atoms with E-state index in [4.69, 9.17) is 4.74 Å². The van der Waals surface area contributed by atoms with Gasteiger partial charge in [0.05, 0.1) is 6.54 Å². The van der Waals surface area contributed by atoms with Gasteiger partial charge in [-0.1, -0.05) is 0 Å². The first kappa shape index (κ1) is 17.2. The fraction of sp³-hybridized carbons (Fsp3) is 0.824. The Morgan fingerprint density at radius 3 is 2.33 bits per heavy atom. The van der Waals surface area contributed by atoms with Crippen molar-refractivity contribution >= 4 is 6.09 Å².